The Morgan fingerprint density at radius 2 is 1.73 bits per heavy atom. The molecular formula is C24H33N3O3. The number of ether oxygens (including phenoxy) is 2. The molecule has 1 saturated carbocycles. The molecule has 0 bridgehead atoms. The Morgan fingerprint density at radius 3 is 2.37 bits per heavy atom. The summed E-state index contributed by atoms with van der Waals surface area (Å²) in [6.45, 7) is 4.47. The van der Waals surface area contributed by atoms with Gasteiger partial charge in [-0.05, 0) is 69.4 Å². The van der Waals surface area contributed by atoms with Crippen LogP contribution in [0.4, 0.5) is 11.4 Å². The Bertz CT molecular complexity index is 828. The molecule has 162 valence electrons. The topological polar surface area (TPSA) is 85.6 Å². The first-order valence-electron chi connectivity index (χ1n) is 10.7. The molecule has 0 aromatic heterocycles. The number of amides is 1. The van der Waals surface area contributed by atoms with Crippen LogP contribution in [0.25, 0.3) is 0 Å². The Labute approximate surface area is 179 Å². The smallest absolute Gasteiger partial charge is 0.223 e. The second kappa shape index (κ2) is 10.2. The molecule has 1 aliphatic carbocycles. The molecule has 0 unspecified atom stereocenters. The highest BCUT2D eigenvalue weighted by atomic mass is 16.5. The van der Waals surface area contributed by atoms with E-state index >= 15 is 0 Å². The summed E-state index contributed by atoms with van der Waals surface area (Å²) in [4.78, 5) is 12.2. The Balaban J connectivity index is 1.53. The molecule has 2 aromatic rings. The Kier molecular flexibility index (Phi) is 7.44. The number of anilines is 2. The molecule has 0 heterocycles. The molecule has 1 fully saturated rings. The fraction of sp³-hybridized carbons (Fsp3) is 0.458. The summed E-state index contributed by atoms with van der Waals surface area (Å²) in [6, 6.07) is 14.0. The van der Waals surface area contributed by atoms with E-state index in [1.54, 1.807) is 7.11 Å². The monoisotopic (exact) mass is 411 g/mol. The van der Waals surface area contributed by atoms with Gasteiger partial charge in [0.2, 0.25) is 5.91 Å². The number of hydrogen-bond donors (Lipinski definition) is 3. The molecule has 3 rings (SSSR count). The summed E-state index contributed by atoms with van der Waals surface area (Å²) in [5.74, 6) is 1.89. The zero-order valence-corrected chi connectivity index (χ0v) is 18.1. The maximum atomic E-state index is 12.2. The van der Waals surface area contributed by atoms with E-state index in [0.717, 1.165) is 48.4 Å². The highest BCUT2D eigenvalue weighted by molar-refractivity contribution is 5.79. The molecule has 0 spiro atoms. The van der Waals surface area contributed by atoms with Crippen LogP contribution in [0.5, 0.6) is 11.5 Å². The third kappa shape index (κ3) is 6.05. The third-order valence-corrected chi connectivity index (χ3v) is 5.48. The summed E-state index contributed by atoms with van der Waals surface area (Å²) in [7, 11) is 1.65. The SMILES string of the molecule is COc1ccc(COc2ccc(N)c(NC3CCC(C(=O)NC(C)C)CC3)c2)cc1. The fourth-order valence-electron chi connectivity index (χ4n) is 3.76. The van der Waals surface area contributed by atoms with E-state index in [1.165, 1.54) is 0 Å². The van der Waals surface area contributed by atoms with Gasteiger partial charge in [0.15, 0.2) is 0 Å². The molecule has 4 N–H and O–H groups in total. The number of hydrogen-bond acceptors (Lipinski definition) is 5. The molecule has 1 aliphatic rings. The van der Waals surface area contributed by atoms with Gasteiger partial charge in [0.1, 0.15) is 18.1 Å². The van der Waals surface area contributed by atoms with Crippen molar-refractivity contribution in [2.75, 3.05) is 18.2 Å². The Hall–Kier alpha value is -2.89. The fourth-order valence-corrected chi connectivity index (χ4v) is 3.76. The highest BCUT2D eigenvalue weighted by Gasteiger charge is 2.26. The maximum absolute atomic E-state index is 12.2. The first kappa shape index (κ1) is 21.8. The summed E-state index contributed by atoms with van der Waals surface area (Å²) in [5.41, 5.74) is 8.84. The van der Waals surface area contributed by atoms with Crippen LogP contribution in [0.15, 0.2) is 42.5 Å². The van der Waals surface area contributed by atoms with Crippen LogP contribution in [-0.2, 0) is 11.4 Å². The number of methoxy groups -OCH3 is 1. The van der Waals surface area contributed by atoms with E-state index in [-0.39, 0.29) is 17.9 Å². The number of nitrogen functional groups attached to an aromatic ring is 1. The minimum atomic E-state index is 0.113. The van der Waals surface area contributed by atoms with E-state index in [1.807, 2.05) is 56.3 Å². The number of rotatable bonds is 8. The van der Waals surface area contributed by atoms with E-state index in [2.05, 4.69) is 10.6 Å². The molecule has 0 aliphatic heterocycles. The minimum absolute atomic E-state index is 0.113. The molecule has 2 aromatic carbocycles. The number of nitrogens with one attached hydrogen (secondary N) is 2. The van der Waals surface area contributed by atoms with Gasteiger partial charge in [0.25, 0.3) is 0 Å². The second-order valence-electron chi connectivity index (χ2n) is 8.24. The van der Waals surface area contributed by atoms with Gasteiger partial charge in [0.05, 0.1) is 18.5 Å². The lowest BCUT2D eigenvalue weighted by molar-refractivity contribution is -0.126. The molecule has 0 radical (unpaired) electrons. The van der Waals surface area contributed by atoms with Gasteiger partial charge in [-0.3, -0.25) is 4.79 Å². The number of carbonyl (C=O) groups is 1. The highest BCUT2D eigenvalue weighted by Crippen LogP contribution is 2.31. The van der Waals surface area contributed by atoms with Gasteiger partial charge in [-0.1, -0.05) is 12.1 Å². The minimum Gasteiger partial charge on any atom is -0.497 e. The second-order valence-corrected chi connectivity index (χ2v) is 8.24. The first-order valence-corrected chi connectivity index (χ1v) is 10.7. The zero-order chi connectivity index (χ0) is 21.5. The van der Waals surface area contributed by atoms with Gasteiger partial charge in [0, 0.05) is 24.1 Å². The first-order chi connectivity index (χ1) is 14.4. The lowest BCUT2D eigenvalue weighted by Gasteiger charge is -2.30. The molecule has 0 saturated heterocycles. The van der Waals surface area contributed by atoms with Crippen LogP contribution in [0.1, 0.15) is 45.1 Å². The van der Waals surface area contributed by atoms with Crippen LogP contribution in [0, 0.1) is 5.92 Å². The normalized spacial score (nSPS) is 18.7. The zero-order valence-electron chi connectivity index (χ0n) is 18.1. The van der Waals surface area contributed by atoms with Crippen molar-refractivity contribution >= 4 is 17.3 Å². The van der Waals surface area contributed by atoms with Crippen molar-refractivity contribution < 1.29 is 14.3 Å². The van der Waals surface area contributed by atoms with Crippen molar-refractivity contribution in [3.8, 4) is 11.5 Å². The quantitative estimate of drug-likeness (QED) is 0.562. The van der Waals surface area contributed by atoms with Gasteiger partial charge in [-0.25, -0.2) is 0 Å². The van der Waals surface area contributed by atoms with Gasteiger partial charge < -0.3 is 25.8 Å². The van der Waals surface area contributed by atoms with Gasteiger partial charge >= 0.3 is 0 Å². The number of nitrogens with two attached hydrogens (primary N) is 1. The average Bonchev–Trinajstić information content (AvgIpc) is 2.74. The van der Waals surface area contributed by atoms with Crippen LogP contribution in [-0.4, -0.2) is 25.1 Å². The van der Waals surface area contributed by atoms with Crippen molar-refractivity contribution in [3.05, 3.63) is 48.0 Å². The van der Waals surface area contributed by atoms with Crippen molar-refractivity contribution in [1.82, 2.24) is 5.32 Å². The van der Waals surface area contributed by atoms with Crippen molar-refractivity contribution in [3.63, 3.8) is 0 Å². The largest absolute Gasteiger partial charge is 0.497 e. The van der Waals surface area contributed by atoms with E-state index in [4.69, 9.17) is 15.2 Å². The molecular weight excluding hydrogens is 378 g/mol. The lowest BCUT2D eigenvalue weighted by atomic mass is 9.85. The Morgan fingerprint density at radius 1 is 1.07 bits per heavy atom. The lowest BCUT2D eigenvalue weighted by Crippen LogP contribution is -2.38. The molecule has 6 heteroatoms. The van der Waals surface area contributed by atoms with Crippen LogP contribution in [0.3, 0.4) is 0 Å². The molecule has 30 heavy (non-hydrogen) atoms. The number of benzene rings is 2. The third-order valence-electron chi connectivity index (χ3n) is 5.48. The predicted molar refractivity (Wildman–Crippen MR) is 121 cm³/mol. The summed E-state index contributed by atoms with van der Waals surface area (Å²) < 4.78 is 11.1. The maximum Gasteiger partial charge on any atom is 0.223 e. The van der Waals surface area contributed by atoms with E-state index < -0.39 is 0 Å². The van der Waals surface area contributed by atoms with Crippen LogP contribution >= 0.6 is 0 Å². The van der Waals surface area contributed by atoms with Crippen LogP contribution in [0.2, 0.25) is 0 Å². The van der Waals surface area contributed by atoms with E-state index in [9.17, 15) is 4.79 Å². The molecule has 1 amide bonds. The summed E-state index contributed by atoms with van der Waals surface area (Å²) >= 11 is 0. The number of carbonyl (C=O) groups excluding carboxylic acids is 1. The van der Waals surface area contributed by atoms with Gasteiger partial charge in [-0.15, -0.1) is 0 Å². The van der Waals surface area contributed by atoms with Crippen molar-refractivity contribution in [2.24, 2.45) is 5.92 Å². The standard InChI is InChI=1S/C24H33N3O3/c1-16(2)26-24(28)18-6-8-19(9-7-18)27-23-14-21(12-13-22(23)25)30-15-17-4-10-20(29-3)11-5-17/h4-5,10-14,16,18-19,27H,6-9,15,25H2,1-3H3,(H,26,28). The van der Waals surface area contributed by atoms with Gasteiger partial charge in [-0.2, -0.15) is 0 Å². The van der Waals surface area contributed by atoms with E-state index in [0.29, 0.717) is 18.3 Å². The summed E-state index contributed by atoms with van der Waals surface area (Å²) in [5, 5.41) is 6.57. The van der Waals surface area contributed by atoms with Crippen LogP contribution < -0.4 is 25.8 Å². The predicted octanol–water partition coefficient (Wildman–Crippen LogP) is 4.35. The van der Waals surface area contributed by atoms with Crippen molar-refractivity contribution in [1.29, 1.82) is 0 Å². The molecule has 6 nitrogen and oxygen atoms in total. The van der Waals surface area contributed by atoms with Crippen molar-refractivity contribution in [2.45, 2.75) is 58.2 Å². The summed E-state index contributed by atoms with van der Waals surface area (Å²) in [6.07, 6.45) is 3.69. The molecule has 0 atom stereocenters. The average molecular weight is 412 g/mol.